The number of methoxy groups -OCH3 is 1. The molecule has 0 bridgehead atoms. The van der Waals surface area contributed by atoms with E-state index in [1.807, 2.05) is 0 Å². The van der Waals surface area contributed by atoms with Crippen LogP contribution in [-0.2, 0) is 19.9 Å². The van der Waals surface area contributed by atoms with E-state index < -0.39 is 10.4 Å². The summed E-state index contributed by atoms with van der Waals surface area (Å²) in [5.74, 6) is -0.380. The normalized spacial score (nSPS) is 8.67. The Labute approximate surface area is 93.6 Å². The van der Waals surface area contributed by atoms with E-state index in [4.69, 9.17) is 23.3 Å². The van der Waals surface area contributed by atoms with Crippen molar-refractivity contribution in [1.29, 1.82) is 0 Å². The largest absolute Gasteiger partial charge is 1.00 e. The molecule has 0 aromatic carbocycles. The van der Waals surface area contributed by atoms with Crippen LogP contribution in [0, 0.1) is 0 Å². The first-order valence-corrected chi connectivity index (χ1v) is 3.67. The molecule has 0 aliphatic rings. The summed E-state index contributed by atoms with van der Waals surface area (Å²) in [6.07, 6.45) is 0. The first-order chi connectivity index (χ1) is 4.81. The van der Waals surface area contributed by atoms with E-state index >= 15 is 0 Å². The van der Waals surface area contributed by atoms with E-state index in [2.05, 4.69) is 4.74 Å². The van der Waals surface area contributed by atoms with Crippen LogP contribution in [0.1, 0.15) is 1.43 Å². The molecule has 0 spiro atoms. The van der Waals surface area contributed by atoms with Gasteiger partial charge in [-0.05, 0) is 0 Å². The molecule has 0 aliphatic heterocycles. The fraction of sp³-hybridized carbons (Fsp3) is 0.667. The van der Waals surface area contributed by atoms with Crippen LogP contribution < -0.4 is 35.3 Å². The second kappa shape index (κ2) is 9.39. The summed E-state index contributed by atoms with van der Waals surface area (Å²) in [6.45, 7) is -0.0312. The van der Waals surface area contributed by atoms with Gasteiger partial charge in [-0.15, -0.1) is 0 Å². The van der Waals surface area contributed by atoms with Crippen LogP contribution in [0.5, 0.6) is 0 Å². The Morgan fingerprint density at radius 2 is 1.83 bits per heavy atom. The Morgan fingerprint density at radius 1 is 1.58 bits per heavy atom. The van der Waals surface area contributed by atoms with Gasteiger partial charge in [-0.25, -0.2) is 0 Å². The summed E-state index contributed by atoms with van der Waals surface area (Å²) >= 11 is 0. The maximum Gasteiger partial charge on any atom is 1.00 e. The summed E-state index contributed by atoms with van der Waals surface area (Å²) in [7, 11) is -3.37. The van der Waals surface area contributed by atoms with Crippen molar-refractivity contribution in [2.75, 3.05) is 13.7 Å². The van der Waals surface area contributed by atoms with E-state index in [-0.39, 0.29) is 43.5 Å². The third kappa shape index (κ3) is 48.2. The van der Waals surface area contributed by atoms with Gasteiger partial charge in [0.05, 0.1) is 13.7 Å². The molecule has 0 saturated heterocycles. The first kappa shape index (κ1) is 18.2. The van der Waals surface area contributed by atoms with Gasteiger partial charge in [0.1, 0.15) is 0 Å². The van der Waals surface area contributed by atoms with Crippen molar-refractivity contribution in [3.8, 4) is 0 Å². The molecule has 0 rings (SSSR count). The molecule has 0 aromatic rings. The molecule has 0 atom stereocenters. The molecule has 0 aromatic heterocycles. The third-order valence-corrected chi connectivity index (χ3v) is 0.394. The molecule has 0 heterocycles. The molecule has 12 heavy (non-hydrogen) atoms. The Morgan fingerprint density at radius 3 is 1.83 bits per heavy atom. The monoisotopic (exact) mass is 211 g/mol. The summed E-state index contributed by atoms with van der Waals surface area (Å²) < 4.78 is 35.7. The summed E-state index contributed by atoms with van der Waals surface area (Å²) in [5.41, 5.74) is 4.81. The zero-order valence-electron chi connectivity index (χ0n) is 7.72. The minimum atomic E-state index is -4.67. The van der Waals surface area contributed by atoms with Gasteiger partial charge in [0.25, 0.3) is 0 Å². The molecule has 4 N–H and O–H groups in total. The average molecular weight is 211 g/mol. The van der Waals surface area contributed by atoms with Crippen LogP contribution in [0.2, 0.25) is 0 Å². The van der Waals surface area contributed by atoms with Crippen molar-refractivity contribution in [1.82, 2.24) is 0 Å². The van der Waals surface area contributed by atoms with Gasteiger partial charge >= 0.3 is 45.9 Å². The van der Waals surface area contributed by atoms with Crippen LogP contribution >= 0.6 is 0 Å². The van der Waals surface area contributed by atoms with Crippen molar-refractivity contribution in [2.45, 2.75) is 0 Å². The van der Waals surface area contributed by atoms with Crippen molar-refractivity contribution in [2.24, 2.45) is 5.73 Å². The van der Waals surface area contributed by atoms with Crippen LogP contribution in [0.4, 0.5) is 0 Å². The number of rotatable bonds is 1. The van der Waals surface area contributed by atoms with Gasteiger partial charge in [-0.2, -0.15) is 8.42 Å². The van der Waals surface area contributed by atoms with E-state index in [1.54, 1.807) is 0 Å². The molecule has 0 aliphatic carbocycles. The molecule has 0 fully saturated rings. The molecule has 0 radical (unpaired) electrons. The topological polar surface area (TPSA) is 127 Å². The number of hydrogen-bond donors (Lipinski definition) is 3. The Kier molecular flexibility index (Phi) is 14.2. The Bertz CT molecular complexity index is 192. The van der Waals surface area contributed by atoms with E-state index in [0.717, 1.165) is 0 Å². The fourth-order valence-electron chi connectivity index (χ4n) is 0.0833. The van der Waals surface area contributed by atoms with Crippen LogP contribution in [0.25, 0.3) is 0 Å². The van der Waals surface area contributed by atoms with Gasteiger partial charge in [-0.1, -0.05) is 0 Å². The summed E-state index contributed by atoms with van der Waals surface area (Å²) in [4.78, 5) is 9.83. The van der Waals surface area contributed by atoms with Crippen LogP contribution in [0.15, 0.2) is 0 Å². The minimum Gasteiger partial charge on any atom is -1.00 e. The Hall–Kier alpha value is 0.300. The van der Waals surface area contributed by atoms with E-state index in [9.17, 15) is 4.79 Å². The molecule has 0 unspecified atom stereocenters. The van der Waals surface area contributed by atoms with Crippen molar-refractivity contribution >= 4 is 16.4 Å². The zero-order chi connectivity index (χ0) is 9.49. The SMILES string of the molecule is COC(=O)CN.O=S(=O)(O)O.[H-].[Na+]. The molecular weight excluding hydrogens is 201 g/mol. The number of esters is 1. The maximum absolute atomic E-state index is 9.83. The van der Waals surface area contributed by atoms with Gasteiger partial charge in [0.15, 0.2) is 0 Å². The third-order valence-electron chi connectivity index (χ3n) is 0.394. The summed E-state index contributed by atoms with van der Waals surface area (Å²) in [5, 5.41) is 0. The number of hydrogen-bond acceptors (Lipinski definition) is 5. The van der Waals surface area contributed by atoms with E-state index in [0.29, 0.717) is 0 Å². The quantitative estimate of drug-likeness (QED) is 0.227. The van der Waals surface area contributed by atoms with E-state index in [1.165, 1.54) is 7.11 Å². The van der Waals surface area contributed by atoms with Crippen LogP contribution in [-0.4, -0.2) is 37.1 Å². The summed E-state index contributed by atoms with van der Waals surface area (Å²) in [6, 6.07) is 0. The Balaban J connectivity index is -0.0000000546. The first-order valence-electron chi connectivity index (χ1n) is 2.28. The van der Waals surface area contributed by atoms with Crippen molar-refractivity contribution in [3.05, 3.63) is 0 Å². The standard InChI is InChI=1S/C3H7NO2.Na.H2O4S.H/c1-6-3(5)2-4;;1-5(2,3)4;/h2,4H2,1H3;;(H2,1,2,3,4);/q;+1;;-1. The molecule has 70 valence electrons. The smallest absolute Gasteiger partial charge is 1.00 e. The van der Waals surface area contributed by atoms with Gasteiger partial charge in [-0.3, -0.25) is 13.9 Å². The molecular formula is C3H10NNaO6S. The maximum atomic E-state index is 9.83. The predicted octanol–water partition coefficient (Wildman–Crippen LogP) is -4.42. The second-order valence-electron chi connectivity index (χ2n) is 1.23. The minimum absolute atomic E-state index is 0. The number of nitrogens with two attached hydrogens (primary N) is 1. The van der Waals surface area contributed by atoms with Gasteiger partial charge in [0, 0.05) is 0 Å². The number of carbonyl (C=O) groups excluding carboxylic acids is 1. The van der Waals surface area contributed by atoms with Gasteiger partial charge in [0.2, 0.25) is 0 Å². The van der Waals surface area contributed by atoms with Crippen LogP contribution in [0.3, 0.4) is 0 Å². The molecule has 9 heteroatoms. The molecule has 7 nitrogen and oxygen atoms in total. The molecule has 0 amide bonds. The second-order valence-corrected chi connectivity index (χ2v) is 2.12. The number of carbonyl (C=O) groups is 1. The zero-order valence-corrected chi connectivity index (χ0v) is 9.54. The fourth-order valence-corrected chi connectivity index (χ4v) is 0.0833. The van der Waals surface area contributed by atoms with Crippen molar-refractivity contribution < 1.29 is 58.0 Å². The number of ether oxygens (including phenoxy) is 1. The van der Waals surface area contributed by atoms with Crippen molar-refractivity contribution in [3.63, 3.8) is 0 Å². The molecule has 0 saturated carbocycles. The average Bonchev–Trinajstić information content (AvgIpc) is 1.83. The predicted molar refractivity (Wildman–Crippen MR) is 36.4 cm³/mol. The van der Waals surface area contributed by atoms with Gasteiger partial charge < -0.3 is 11.9 Å².